The van der Waals surface area contributed by atoms with Crippen molar-refractivity contribution in [2.45, 2.75) is 43.8 Å². The summed E-state index contributed by atoms with van der Waals surface area (Å²) in [5.41, 5.74) is 6.95. The number of nitrogens with one attached hydrogen (secondary N) is 1. The number of anilines is 1. The number of rotatable bonds is 6. The van der Waals surface area contributed by atoms with Gasteiger partial charge in [-0.25, -0.2) is 0 Å². The molecule has 1 aromatic heterocycles. The molecule has 3 N–H and O–H groups in total. The van der Waals surface area contributed by atoms with Crippen LogP contribution in [0.25, 0.3) is 5.69 Å². The number of amides is 1. The molecular formula is C17H22N6O3. The molecule has 1 saturated heterocycles. The minimum Gasteiger partial charge on any atom is -0.494 e. The van der Waals surface area contributed by atoms with Crippen LogP contribution in [0.15, 0.2) is 18.2 Å². The van der Waals surface area contributed by atoms with E-state index in [1.54, 1.807) is 23.9 Å². The van der Waals surface area contributed by atoms with Crippen LogP contribution in [0.1, 0.15) is 37.4 Å². The molecule has 9 heteroatoms. The number of tetrazole rings is 1. The highest BCUT2D eigenvalue weighted by atomic mass is 16.5. The first-order chi connectivity index (χ1) is 12.7. The van der Waals surface area contributed by atoms with Crippen LogP contribution in [0, 0.1) is 0 Å². The molecule has 2 fully saturated rings. The predicted molar refractivity (Wildman–Crippen MR) is 93.3 cm³/mol. The second-order valence-electron chi connectivity index (χ2n) is 6.66. The van der Waals surface area contributed by atoms with E-state index in [1.165, 1.54) is 0 Å². The van der Waals surface area contributed by atoms with E-state index >= 15 is 0 Å². The molecule has 1 aromatic carbocycles. The van der Waals surface area contributed by atoms with Gasteiger partial charge in [0.05, 0.1) is 13.2 Å². The molecule has 1 aliphatic heterocycles. The maximum atomic E-state index is 12.5. The van der Waals surface area contributed by atoms with Crippen LogP contribution in [-0.2, 0) is 9.53 Å². The molecule has 9 nitrogen and oxygen atoms in total. The van der Waals surface area contributed by atoms with Gasteiger partial charge in [-0.3, -0.25) is 4.79 Å². The zero-order valence-corrected chi connectivity index (χ0v) is 14.6. The Hall–Kier alpha value is -2.52. The molecule has 2 aliphatic rings. The Bertz CT molecular complexity index is 804. The Kier molecular flexibility index (Phi) is 4.56. The number of ether oxygens (including phenoxy) is 2. The van der Waals surface area contributed by atoms with Gasteiger partial charge in [-0.15, -0.1) is 5.10 Å². The zero-order chi connectivity index (χ0) is 18.1. The molecular weight excluding hydrogens is 336 g/mol. The summed E-state index contributed by atoms with van der Waals surface area (Å²) < 4.78 is 12.8. The van der Waals surface area contributed by atoms with Gasteiger partial charge in [-0.05, 0) is 54.3 Å². The van der Waals surface area contributed by atoms with Gasteiger partial charge in [0, 0.05) is 18.2 Å². The standard InChI is InChI=1S/C17H22N6O3/c1-25-14-6-4-11(19-17(24)15-7-5-12(9-18)26-15)8-13(14)23-16(10-2-3-10)20-21-22-23/h4,6,8,10,12,15H,2-3,5,7,9,18H2,1H3,(H,19,24)/t12-,15+/m1/s1. The van der Waals surface area contributed by atoms with E-state index in [4.69, 9.17) is 15.2 Å². The number of nitrogens with zero attached hydrogens (tertiary/aromatic N) is 4. The van der Waals surface area contributed by atoms with Gasteiger partial charge in [0.2, 0.25) is 0 Å². The molecule has 0 spiro atoms. The van der Waals surface area contributed by atoms with Gasteiger partial charge in [0.15, 0.2) is 5.82 Å². The molecule has 0 radical (unpaired) electrons. The van der Waals surface area contributed by atoms with Crippen molar-refractivity contribution in [3.63, 3.8) is 0 Å². The molecule has 2 atom stereocenters. The maximum absolute atomic E-state index is 12.5. The summed E-state index contributed by atoms with van der Waals surface area (Å²) >= 11 is 0. The summed E-state index contributed by atoms with van der Waals surface area (Å²) in [6.45, 7) is 0.430. The number of benzene rings is 1. The number of hydrogen-bond acceptors (Lipinski definition) is 7. The first-order valence-electron chi connectivity index (χ1n) is 8.82. The molecule has 1 aliphatic carbocycles. The predicted octanol–water partition coefficient (Wildman–Crippen LogP) is 0.993. The number of methoxy groups -OCH3 is 1. The van der Waals surface area contributed by atoms with E-state index in [0.717, 1.165) is 25.1 Å². The third-order valence-electron chi connectivity index (χ3n) is 4.77. The molecule has 2 heterocycles. The summed E-state index contributed by atoms with van der Waals surface area (Å²) in [5.74, 6) is 1.67. The van der Waals surface area contributed by atoms with Crippen molar-refractivity contribution < 1.29 is 14.3 Å². The molecule has 138 valence electrons. The fraction of sp³-hybridized carbons (Fsp3) is 0.529. The highest BCUT2D eigenvalue weighted by molar-refractivity contribution is 5.94. The van der Waals surface area contributed by atoms with Crippen LogP contribution in [0.5, 0.6) is 5.75 Å². The number of carbonyl (C=O) groups is 1. The van der Waals surface area contributed by atoms with Crippen LogP contribution in [-0.4, -0.2) is 52.0 Å². The van der Waals surface area contributed by atoms with Gasteiger partial charge >= 0.3 is 0 Å². The highest BCUT2D eigenvalue weighted by Gasteiger charge is 2.32. The third kappa shape index (κ3) is 3.27. The van der Waals surface area contributed by atoms with E-state index in [9.17, 15) is 4.79 Å². The van der Waals surface area contributed by atoms with Gasteiger partial charge in [0.1, 0.15) is 17.5 Å². The van der Waals surface area contributed by atoms with Crippen molar-refractivity contribution in [3.05, 3.63) is 24.0 Å². The van der Waals surface area contributed by atoms with Crippen molar-refractivity contribution in [2.24, 2.45) is 5.73 Å². The Morgan fingerprint density at radius 3 is 2.92 bits per heavy atom. The van der Waals surface area contributed by atoms with Crippen molar-refractivity contribution in [1.82, 2.24) is 20.2 Å². The highest BCUT2D eigenvalue weighted by Crippen LogP contribution is 2.40. The van der Waals surface area contributed by atoms with Crippen molar-refractivity contribution in [1.29, 1.82) is 0 Å². The van der Waals surface area contributed by atoms with Crippen LogP contribution < -0.4 is 15.8 Å². The van der Waals surface area contributed by atoms with Gasteiger partial charge in [-0.2, -0.15) is 4.68 Å². The van der Waals surface area contributed by atoms with Crippen LogP contribution in [0.2, 0.25) is 0 Å². The van der Waals surface area contributed by atoms with E-state index in [2.05, 4.69) is 20.8 Å². The quantitative estimate of drug-likeness (QED) is 0.791. The SMILES string of the molecule is COc1ccc(NC(=O)[C@@H]2CC[C@H](CN)O2)cc1-n1nnnc1C1CC1. The summed E-state index contributed by atoms with van der Waals surface area (Å²) in [4.78, 5) is 12.5. The lowest BCUT2D eigenvalue weighted by atomic mass is 10.2. The van der Waals surface area contributed by atoms with Crippen LogP contribution >= 0.6 is 0 Å². The Labute approximate surface area is 150 Å². The van der Waals surface area contributed by atoms with Crippen LogP contribution in [0.4, 0.5) is 5.69 Å². The fourth-order valence-corrected chi connectivity index (χ4v) is 3.19. The van der Waals surface area contributed by atoms with Gasteiger partial charge < -0.3 is 20.5 Å². The van der Waals surface area contributed by atoms with Gasteiger partial charge in [-0.1, -0.05) is 0 Å². The summed E-state index contributed by atoms with van der Waals surface area (Å²) in [6.07, 6.45) is 3.14. The normalized spacial score (nSPS) is 22.4. The number of nitrogens with two attached hydrogens (primary N) is 1. The number of hydrogen-bond donors (Lipinski definition) is 2. The largest absolute Gasteiger partial charge is 0.494 e. The minimum absolute atomic E-state index is 0.0421. The molecule has 0 bridgehead atoms. The van der Waals surface area contributed by atoms with Crippen molar-refractivity contribution in [3.8, 4) is 11.4 Å². The smallest absolute Gasteiger partial charge is 0.253 e. The third-order valence-corrected chi connectivity index (χ3v) is 4.77. The second kappa shape index (κ2) is 7.00. The van der Waals surface area contributed by atoms with Crippen LogP contribution in [0.3, 0.4) is 0 Å². The van der Waals surface area contributed by atoms with Crippen molar-refractivity contribution in [2.75, 3.05) is 19.0 Å². The Balaban J connectivity index is 1.56. The van der Waals surface area contributed by atoms with E-state index in [1.807, 2.05) is 6.07 Å². The first-order valence-corrected chi connectivity index (χ1v) is 8.82. The molecule has 4 rings (SSSR count). The van der Waals surface area contributed by atoms with E-state index < -0.39 is 6.10 Å². The van der Waals surface area contributed by atoms with Gasteiger partial charge in [0.25, 0.3) is 5.91 Å². The monoisotopic (exact) mass is 358 g/mol. The van der Waals surface area contributed by atoms with Crippen molar-refractivity contribution >= 4 is 11.6 Å². The second-order valence-corrected chi connectivity index (χ2v) is 6.66. The van der Waals surface area contributed by atoms with E-state index in [0.29, 0.717) is 36.0 Å². The lowest BCUT2D eigenvalue weighted by Gasteiger charge is -2.15. The molecule has 0 unspecified atom stereocenters. The number of aromatic nitrogens is 4. The van der Waals surface area contributed by atoms with E-state index in [-0.39, 0.29) is 12.0 Å². The first kappa shape index (κ1) is 16.9. The maximum Gasteiger partial charge on any atom is 0.253 e. The molecule has 1 saturated carbocycles. The summed E-state index contributed by atoms with van der Waals surface area (Å²) in [6, 6.07) is 5.40. The topological polar surface area (TPSA) is 117 Å². The zero-order valence-electron chi connectivity index (χ0n) is 14.6. The minimum atomic E-state index is -0.468. The Morgan fingerprint density at radius 2 is 2.23 bits per heavy atom. The average Bonchev–Trinajstić information content (AvgIpc) is 3.20. The molecule has 2 aromatic rings. The summed E-state index contributed by atoms with van der Waals surface area (Å²) in [5, 5.41) is 14.9. The average molecular weight is 358 g/mol. The number of carbonyl (C=O) groups excluding carboxylic acids is 1. The molecule has 1 amide bonds. The lowest BCUT2D eigenvalue weighted by Crippen LogP contribution is -2.29. The lowest BCUT2D eigenvalue weighted by molar-refractivity contribution is -0.126. The summed E-state index contributed by atoms with van der Waals surface area (Å²) in [7, 11) is 1.59. The molecule has 26 heavy (non-hydrogen) atoms. The fourth-order valence-electron chi connectivity index (χ4n) is 3.19. The Morgan fingerprint density at radius 1 is 1.38 bits per heavy atom.